The fourth-order valence-corrected chi connectivity index (χ4v) is 7.75. The second kappa shape index (κ2) is 43.0. The van der Waals surface area contributed by atoms with Crippen LogP contribution in [0.3, 0.4) is 0 Å². The van der Waals surface area contributed by atoms with Gasteiger partial charge in [0.25, 0.3) is 0 Å². The van der Waals surface area contributed by atoms with Crippen LogP contribution in [0.5, 0.6) is 0 Å². The quantitative estimate of drug-likeness (QED) is 0.0579. The lowest BCUT2D eigenvalue weighted by Gasteiger charge is -2.14. The Morgan fingerprint density at radius 1 is 0.196 bits per heavy atom. The number of rotatable bonds is 42. The van der Waals surface area contributed by atoms with Crippen LogP contribution in [0.4, 0.5) is 0 Å². The van der Waals surface area contributed by atoms with Crippen molar-refractivity contribution in [3.63, 3.8) is 0 Å². The summed E-state index contributed by atoms with van der Waals surface area (Å²) in [6.07, 6.45) is 62.3. The van der Waals surface area contributed by atoms with Crippen LogP contribution in [0.25, 0.3) is 0 Å². The van der Waals surface area contributed by atoms with Crippen LogP contribution in [-0.4, -0.2) is 0 Å². The molecule has 0 nitrogen and oxygen atoms in total. The van der Waals surface area contributed by atoms with Gasteiger partial charge in [0.1, 0.15) is 0 Å². The minimum Gasteiger partial charge on any atom is -0.0654 e. The van der Waals surface area contributed by atoms with Gasteiger partial charge in [0.05, 0.1) is 0 Å². The van der Waals surface area contributed by atoms with Crippen LogP contribution < -0.4 is 0 Å². The zero-order valence-electron chi connectivity index (χ0n) is 33.3. The van der Waals surface area contributed by atoms with E-state index in [9.17, 15) is 0 Å². The summed E-state index contributed by atoms with van der Waals surface area (Å²) in [7, 11) is 0. The van der Waals surface area contributed by atoms with E-state index in [4.69, 9.17) is 0 Å². The minimum absolute atomic E-state index is 1.02. The topological polar surface area (TPSA) is 0 Å². The van der Waals surface area contributed by atoms with E-state index in [0.717, 1.165) is 5.92 Å². The van der Waals surface area contributed by atoms with Crippen molar-refractivity contribution in [1.29, 1.82) is 0 Å². The van der Waals surface area contributed by atoms with Crippen LogP contribution in [0.2, 0.25) is 0 Å². The Morgan fingerprint density at radius 3 is 0.500 bits per heavy atom. The third kappa shape index (κ3) is 40.2. The Kier molecular flexibility index (Phi) is 43.0. The number of unbranched alkanes of at least 4 members (excludes halogenated alkanes) is 37. The van der Waals surface area contributed by atoms with Gasteiger partial charge >= 0.3 is 0 Å². The lowest BCUT2D eigenvalue weighted by Crippen LogP contribution is -1.99. The van der Waals surface area contributed by atoms with E-state index in [1.807, 2.05) is 0 Å². The molecule has 1 atom stereocenters. The molecule has 0 aromatic rings. The summed E-state index contributed by atoms with van der Waals surface area (Å²) in [6.45, 7) is 7.06. The Bertz CT molecular complexity index is 494. The molecule has 0 fully saturated rings. The van der Waals surface area contributed by atoms with Crippen molar-refractivity contribution in [3.05, 3.63) is 0 Å². The predicted octanol–water partition coefficient (Wildman–Crippen LogP) is 18.0. The van der Waals surface area contributed by atoms with E-state index in [1.165, 1.54) is 270 Å². The fourth-order valence-electron chi connectivity index (χ4n) is 7.75. The molecule has 0 N–H and O–H groups in total. The van der Waals surface area contributed by atoms with Crippen LogP contribution >= 0.6 is 0 Å². The molecule has 278 valence electrons. The third-order valence-electron chi connectivity index (χ3n) is 11.3. The van der Waals surface area contributed by atoms with Crippen LogP contribution in [0.1, 0.15) is 290 Å². The predicted molar refractivity (Wildman–Crippen MR) is 214 cm³/mol. The highest BCUT2D eigenvalue weighted by atomic mass is 14.1. The summed E-state index contributed by atoms with van der Waals surface area (Å²) < 4.78 is 0. The van der Waals surface area contributed by atoms with Crippen molar-refractivity contribution < 1.29 is 0 Å². The summed E-state index contributed by atoms with van der Waals surface area (Å²) in [5, 5.41) is 0. The van der Waals surface area contributed by atoms with Gasteiger partial charge in [-0.15, -0.1) is 0 Å². The number of hydrogen-bond donors (Lipinski definition) is 0. The van der Waals surface area contributed by atoms with Crippen molar-refractivity contribution in [1.82, 2.24) is 0 Å². The Labute approximate surface area is 295 Å². The molecule has 0 bridgehead atoms. The third-order valence-corrected chi connectivity index (χ3v) is 11.3. The summed E-state index contributed by atoms with van der Waals surface area (Å²) in [5.41, 5.74) is 0. The van der Waals surface area contributed by atoms with Crippen molar-refractivity contribution in [2.45, 2.75) is 290 Å². The maximum atomic E-state index is 2.44. The highest BCUT2D eigenvalue weighted by Crippen LogP contribution is 2.22. The Balaban J connectivity index is 3.23. The monoisotopic (exact) mass is 647 g/mol. The van der Waals surface area contributed by atoms with Crippen molar-refractivity contribution >= 4 is 0 Å². The molecular formula is C46H94. The molecule has 0 aliphatic heterocycles. The molecule has 0 heteroatoms. The zero-order chi connectivity index (χ0) is 33.3. The molecule has 0 saturated carbocycles. The molecule has 0 heterocycles. The highest BCUT2D eigenvalue weighted by molar-refractivity contribution is 4.60. The van der Waals surface area contributed by atoms with E-state index >= 15 is 0 Å². The lowest BCUT2D eigenvalue weighted by molar-refractivity contribution is 0.392. The van der Waals surface area contributed by atoms with Gasteiger partial charge in [-0.1, -0.05) is 290 Å². The van der Waals surface area contributed by atoms with Gasteiger partial charge in [0, 0.05) is 0 Å². The first-order valence-corrected chi connectivity index (χ1v) is 22.8. The molecule has 0 amide bonds. The van der Waals surface area contributed by atoms with Crippen molar-refractivity contribution in [2.24, 2.45) is 5.92 Å². The average molecular weight is 647 g/mol. The summed E-state index contributed by atoms with van der Waals surface area (Å²) in [6, 6.07) is 0. The second-order valence-electron chi connectivity index (χ2n) is 15.9. The molecule has 0 rings (SSSR count). The molecule has 0 aliphatic carbocycles. The fraction of sp³-hybridized carbons (Fsp3) is 1.00. The first-order chi connectivity index (χ1) is 22.8. The molecule has 46 heavy (non-hydrogen) atoms. The van der Waals surface area contributed by atoms with E-state index in [1.54, 1.807) is 0 Å². The van der Waals surface area contributed by atoms with Crippen molar-refractivity contribution in [2.75, 3.05) is 0 Å². The molecule has 0 radical (unpaired) electrons. The van der Waals surface area contributed by atoms with E-state index < -0.39 is 0 Å². The zero-order valence-corrected chi connectivity index (χ0v) is 33.3. The largest absolute Gasteiger partial charge is 0.0654 e. The summed E-state index contributed by atoms with van der Waals surface area (Å²) >= 11 is 0. The first kappa shape index (κ1) is 46.0. The molecule has 0 aliphatic rings. The molecule has 1 unspecified atom stereocenters. The molecule has 0 spiro atoms. The molecule has 0 aromatic heterocycles. The smallest absolute Gasteiger partial charge is 0.0417 e. The molecule has 0 aromatic carbocycles. The van der Waals surface area contributed by atoms with Gasteiger partial charge in [-0.2, -0.15) is 0 Å². The molecule has 0 saturated heterocycles. The van der Waals surface area contributed by atoms with Gasteiger partial charge in [0.2, 0.25) is 0 Å². The Morgan fingerprint density at radius 2 is 0.348 bits per heavy atom. The van der Waals surface area contributed by atoms with E-state index in [-0.39, 0.29) is 0 Å². The van der Waals surface area contributed by atoms with E-state index in [2.05, 4.69) is 20.8 Å². The first-order valence-electron chi connectivity index (χ1n) is 22.8. The second-order valence-corrected chi connectivity index (χ2v) is 15.9. The van der Waals surface area contributed by atoms with Crippen LogP contribution in [-0.2, 0) is 0 Å². The molecular weight excluding hydrogens is 553 g/mol. The van der Waals surface area contributed by atoms with Gasteiger partial charge in [-0.3, -0.25) is 0 Å². The normalized spacial score (nSPS) is 12.3. The highest BCUT2D eigenvalue weighted by Gasteiger charge is 2.06. The van der Waals surface area contributed by atoms with Gasteiger partial charge < -0.3 is 0 Å². The van der Waals surface area contributed by atoms with Crippen molar-refractivity contribution in [3.8, 4) is 0 Å². The lowest BCUT2D eigenvalue weighted by atomic mass is 9.92. The summed E-state index contributed by atoms with van der Waals surface area (Å²) in [5.74, 6) is 1.02. The average Bonchev–Trinajstić information content (AvgIpc) is 3.07. The van der Waals surface area contributed by atoms with E-state index in [0.29, 0.717) is 0 Å². The standard InChI is InChI=1S/C46H94/c1-4-7-9-11-13-15-17-19-21-23-24-25-26-27-28-29-31-33-35-37-39-41-43-45-46(6-3)44-42-40-38-36-34-32-30-22-20-18-16-14-12-10-8-5-2/h46H,4-45H2,1-3H3. The number of hydrogen-bond acceptors (Lipinski definition) is 0. The minimum atomic E-state index is 1.02. The van der Waals surface area contributed by atoms with Gasteiger partial charge in [-0.25, -0.2) is 0 Å². The maximum Gasteiger partial charge on any atom is -0.0417 e. The summed E-state index contributed by atoms with van der Waals surface area (Å²) in [4.78, 5) is 0. The van der Waals surface area contributed by atoms with Gasteiger partial charge in [-0.05, 0) is 5.92 Å². The maximum absolute atomic E-state index is 2.44. The van der Waals surface area contributed by atoms with Gasteiger partial charge in [0.15, 0.2) is 0 Å². The SMILES string of the molecule is CCCCCCCCCCCCCCCCCCCCCCCCCC(CC)CCCCCCCCCCCCCCCCCC. The van der Waals surface area contributed by atoms with Crippen LogP contribution in [0, 0.1) is 5.92 Å². The Hall–Kier alpha value is 0. The van der Waals surface area contributed by atoms with Crippen LogP contribution in [0.15, 0.2) is 0 Å².